The molecule has 0 N–H and O–H groups in total. The third kappa shape index (κ3) is 10.1. The van der Waals surface area contributed by atoms with Crippen molar-refractivity contribution in [2.45, 2.75) is 50.7 Å². The van der Waals surface area contributed by atoms with Gasteiger partial charge in [-0.05, 0) is 83.3 Å². The predicted octanol–water partition coefficient (Wildman–Crippen LogP) is 17.4. The molecule has 0 unspecified atom stereocenters. The summed E-state index contributed by atoms with van der Waals surface area (Å²) in [4.78, 5) is 14.7. The second kappa shape index (κ2) is 21.4. The van der Waals surface area contributed by atoms with Crippen LogP contribution in [0.25, 0.3) is 106 Å². The molecule has 12 rings (SSSR count). The zero-order chi connectivity index (χ0) is 57.0. The first-order chi connectivity index (χ1) is 38.6. The number of hydrogen-bond donors (Lipinski definition) is 0. The van der Waals surface area contributed by atoms with E-state index in [0.29, 0.717) is 22.4 Å². The van der Waals surface area contributed by atoms with Crippen LogP contribution < -0.4 is 4.40 Å². The molecule has 0 aliphatic rings. The maximum atomic E-state index is 13.0. The molecule has 0 saturated carbocycles. The van der Waals surface area contributed by atoms with Crippen molar-refractivity contribution in [2.75, 3.05) is 0 Å². The summed E-state index contributed by atoms with van der Waals surface area (Å²) < 4.78 is 81.5. The number of halogens is 1. The number of fused-ring (bicyclic) bond motifs is 4. The first-order valence-corrected chi connectivity index (χ1v) is 31.9. The number of imidazole rings is 1. The van der Waals surface area contributed by atoms with Crippen LogP contribution in [0.4, 0.5) is 4.39 Å². The number of pyridine rings is 2. The Morgan fingerprint density at radius 1 is 0.640 bits per heavy atom. The van der Waals surface area contributed by atoms with E-state index in [9.17, 15) is 4.39 Å². The SMILES string of the molecule is [2H]C(C)(C)c1cc(-c2[c-]cc(F)cc2)nc[c]1[Ge]([CH3])([CH3])[CH3].[2H]C([2H])([2H])c1cccc(C([2H])([2H])[2H])c1-c1ccc2c(n1)oc1c(-c3nc4ccccc4n3-c3ccc(-c4ccccc4)cc3-c3ccccc3)[c-]cc(-c3ccccc3)c12.[Ir]. The monoisotopic (exact) mass is 1220 g/mol. The van der Waals surface area contributed by atoms with Crippen LogP contribution in [0.15, 0.2) is 205 Å². The Morgan fingerprint density at radius 2 is 1.31 bits per heavy atom. The second-order valence-electron chi connectivity index (χ2n) is 19.5. The minimum absolute atomic E-state index is 0. The van der Waals surface area contributed by atoms with Gasteiger partial charge in [-0.15, -0.1) is 12.1 Å². The van der Waals surface area contributed by atoms with Gasteiger partial charge in [0, 0.05) is 50.5 Å². The quantitative estimate of drug-likeness (QED) is 0.107. The van der Waals surface area contributed by atoms with Crippen molar-refractivity contribution in [3.63, 3.8) is 0 Å². The molecule has 0 aliphatic heterocycles. The van der Waals surface area contributed by atoms with E-state index in [1.165, 1.54) is 34.7 Å². The smallest absolute Gasteiger partial charge is 0.216 e. The summed E-state index contributed by atoms with van der Waals surface area (Å²) in [5, 5.41) is 1.44. The number of furan rings is 1. The molecule has 0 saturated heterocycles. The number of benzene rings is 8. The van der Waals surface area contributed by atoms with E-state index in [4.69, 9.17) is 24.0 Å². The number of rotatable bonds is 9. The Labute approximate surface area is 464 Å². The van der Waals surface area contributed by atoms with Gasteiger partial charge in [0.25, 0.3) is 0 Å². The second-order valence-corrected chi connectivity index (χ2v) is 30.1. The van der Waals surface area contributed by atoms with Gasteiger partial charge in [0.05, 0.1) is 28.1 Å². The van der Waals surface area contributed by atoms with Crippen molar-refractivity contribution in [2.24, 2.45) is 0 Å². The third-order valence-electron chi connectivity index (χ3n) is 13.3. The number of aryl methyl sites for hydroxylation is 2. The van der Waals surface area contributed by atoms with Crippen LogP contribution in [-0.4, -0.2) is 32.8 Å². The van der Waals surface area contributed by atoms with E-state index in [-0.39, 0.29) is 54.0 Å². The Balaban J connectivity index is 0.000000289. The molecule has 4 heterocycles. The van der Waals surface area contributed by atoms with E-state index in [1.54, 1.807) is 12.1 Å². The van der Waals surface area contributed by atoms with Crippen LogP contribution in [0, 0.1) is 31.7 Å². The van der Waals surface area contributed by atoms with Crippen molar-refractivity contribution in [3.05, 3.63) is 235 Å². The van der Waals surface area contributed by atoms with E-state index >= 15 is 0 Å². The standard InChI is InChI=1S/C50H34N3O.C17H21FGeN.Ir/c1-32-15-14-16-33(2)46(32)43-29-28-39-47-38(35-19-8-4-9-20-35)26-27-40(48(47)54-50(39)52-43)49-51-42-23-12-13-24-45(42)53(49)44-30-25-37(34-17-6-3-7-18-34)31-41(44)36-21-10-5-11-22-36;1-12(2)15-10-17(13-6-8-14(18)9-7-13)20-11-16(15)19(3,4)5;/h3-26,28-31H,1-2H3;6,8-12H,1-5H3;/q2*-1;/i1D3,2D3;12D;. The maximum Gasteiger partial charge on any atom is 0.216 e. The van der Waals surface area contributed by atoms with Crippen LogP contribution in [0.3, 0.4) is 0 Å². The molecule has 0 atom stereocenters. The molecule has 371 valence electrons. The fourth-order valence-corrected chi connectivity index (χ4v) is 13.0. The van der Waals surface area contributed by atoms with Crippen LogP contribution in [-0.2, 0) is 20.1 Å². The Morgan fingerprint density at radius 3 is 1.96 bits per heavy atom. The van der Waals surface area contributed by atoms with Gasteiger partial charge in [0.15, 0.2) is 0 Å². The summed E-state index contributed by atoms with van der Waals surface area (Å²) in [6.45, 7) is -1.39. The van der Waals surface area contributed by atoms with Gasteiger partial charge < -0.3 is 8.98 Å². The van der Waals surface area contributed by atoms with Gasteiger partial charge in [0.2, 0.25) is 5.71 Å². The van der Waals surface area contributed by atoms with Gasteiger partial charge in [-0.1, -0.05) is 144 Å². The molecule has 75 heavy (non-hydrogen) atoms. The van der Waals surface area contributed by atoms with Gasteiger partial charge in [-0.25, -0.2) is 4.98 Å². The van der Waals surface area contributed by atoms with Crippen LogP contribution >= 0.6 is 0 Å². The van der Waals surface area contributed by atoms with Crippen LogP contribution in [0.2, 0.25) is 17.3 Å². The van der Waals surface area contributed by atoms with Crippen molar-refractivity contribution in [1.29, 1.82) is 0 Å². The molecule has 0 aliphatic carbocycles. The van der Waals surface area contributed by atoms with E-state index in [0.717, 1.165) is 72.3 Å². The third-order valence-corrected chi connectivity index (χ3v) is 17.6. The molecule has 8 heteroatoms. The zero-order valence-electron chi connectivity index (χ0n) is 49.0. The Bertz CT molecular complexity index is 4260. The Kier molecular flexibility index (Phi) is 12.2. The number of nitrogens with zero attached hydrogens (tertiary/aromatic N) is 4. The number of hydrogen-bond acceptors (Lipinski definition) is 4. The summed E-state index contributed by atoms with van der Waals surface area (Å²) in [7, 11) is 0. The molecular weight excluding hydrogens is 1160 g/mol. The molecule has 5 nitrogen and oxygen atoms in total. The predicted molar refractivity (Wildman–Crippen MR) is 307 cm³/mol. The molecule has 12 aromatic rings. The van der Waals surface area contributed by atoms with E-state index in [1.807, 2.05) is 123 Å². The van der Waals surface area contributed by atoms with Gasteiger partial charge >= 0.3 is 125 Å². The number of para-hydroxylation sites is 2. The average molecular weight is 1220 g/mol. The van der Waals surface area contributed by atoms with Crippen molar-refractivity contribution < 1.29 is 38.5 Å². The molecule has 1 radical (unpaired) electrons. The van der Waals surface area contributed by atoms with Crippen LogP contribution in [0.5, 0.6) is 0 Å². The molecule has 0 amide bonds. The molecule has 0 bridgehead atoms. The first-order valence-electron chi connectivity index (χ1n) is 28.0. The van der Waals surface area contributed by atoms with Crippen molar-refractivity contribution in [1.82, 2.24) is 19.5 Å². The summed E-state index contributed by atoms with van der Waals surface area (Å²) in [5.74, 6) is 6.52. The average Bonchev–Trinajstić information content (AvgIpc) is 2.39. The van der Waals surface area contributed by atoms with Crippen molar-refractivity contribution in [3.8, 4) is 73.0 Å². The molecule has 0 spiro atoms. The van der Waals surface area contributed by atoms with Crippen molar-refractivity contribution >= 4 is 50.8 Å². The van der Waals surface area contributed by atoms with Gasteiger partial charge in [-0.2, -0.15) is 0 Å². The van der Waals surface area contributed by atoms with Gasteiger partial charge in [-0.3, -0.25) is 4.98 Å². The van der Waals surface area contributed by atoms with E-state index < -0.39 is 32.9 Å². The topological polar surface area (TPSA) is 56.7 Å². The Hall–Kier alpha value is -7.55. The largest absolute Gasteiger partial charge is 0.486 e. The minimum Gasteiger partial charge on any atom is -0.486 e. The number of aromatic nitrogens is 4. The maximum absolute atomic E-state index is 13.0. The molecule has 8 aromatic carbocycles. The van der Waals surface area contributed by atoms with Gasteiger partial charge in [0.1, 0.15) is 0 Å². The molecule has 0 fully saturated rings. The van der Waals surface area contributed by atoms with E-state index in [2.05, 4.69) is 87.5 Å². The minimum atomic E-state index is -2.60. The normalized spacial score (nSPS) is 13.3. The molecular formula is C67H55FGeIrN4O-2. The fraction of sp³-hybridized carbons (Fsp3) is 0.119. The van der Waals surface area contributed by atoms with Crippen LogP contribution in [0.1, 0.15) is 46.0 Å². The summed E-state index contributed by atoms with van der Waals surface area (Å²) >= 11 is -2.10. The zero-order valence-corrected chi connectivity index (χ0v) is 46.5. The molecule has 4 aromatic heterocycles. The summed E-state index contributed by atoms with van der Waals surface area (Å²) in [6.07, 6.45) is 1.91. The first kappa shape index (κ1) is 42.8. The summed E-state index contributed by atoms with van der Waals surface area (Å²) in [5.41, 5.74) is 12.5. The fourth-order valence-electron chi connectivity index (χ4n) is 9.69. The summed E-state index contributed by atoms with van der Waals surface area (Å²) in [6, 6.07) is 67.7.